The quantitative estimate of drug-likeness (QED) is 0.935. The first-order chi connectivity index (χ1) is 9.01. The maximum absolute atomic E-state index is 9.07. The van der Waals surface area contributed by atoms with Gasteiger partial charge in [0.05, 0.1) is 12.3 Å². The van der Waals surface area contributed by atoms with E-state index in [0.717, 1.165) is 16.1 Å². The van der Waals surface area contributed by atoms with Crippen LogP contribution in [0.1, 0.15) is 22.4 Å². The fourth-order valence-electron chi connectivity index (χ4n) is 1.75. The molecule has 0 atom stereocenters. The Morgan fingerprint density at radius 3 is 2.37 bits per heavy atom. The van der Waals surface area contributed by atoms with Gasteiger partial charge < -0.3 is 9.84 Å². The Morgan fingerprint density at radius 2 is 1.84 bits per heavy atom. The second kappa shape index (κ2) is 5.55. The Morgan fingerprint density at radius 1 is 1.21 bits per heavy atom. The average Bonchev–Trinajstić information content (AvgIpc) is 2.36. The number of aromatic nitrogens is 2. The topological polar surface area (TPSA) is 55.2 Å². The van der Waals surface area contributed by atoms with Crippen LogP contribution in [-0.4, -0.2) is 15.1 Å². The van der Waals surface area contributed by atoms with E-state index in [9.17, 15) is 0 Å². The van der Waals surface area contributed by atoms with E-state index in [4.69, 9.17) is 21.4 Å². The largest absolute Gasteiger partial charge is 0.424 e. The zero-order valence-corrected chi connectivity index (χ0v) is 11.8. The Balaban J connectivity index is 2.29. The normalized spacial score (nSPS) is 10.6. The summed E-state index contributed by atoms with van der Waals surface area (Å²) in [7, 11) is 0. The van der Waals surface area contributed by atoms with Gasteiger partial charge in [0.2, 0.25) is 0 Å². The van der Waals surface area contributed by atoms with Crippen molar-refractivity contribution < 1.29 is 9.84 Å². The highest BCUT2D eigenvalue weighted by molar-refractivity contribution is 6.32. The summed E-state index contributed by atoms with van der Waals surface area (Å²) in [5, 5.41) is 9.80. The van der Waals surface area contributed by atoms with Gasteiger partial charge >= 0.3 is 6.01 Å². The molecule has 100 valence electrons. The number of ether oxygens (including phenoxy) is 1. The third-order valence-corrected chi connectivity index (χ3v) is 3.44. The Hall–Kier alpha value is -1.65. The van der Waals surface area contributed by atoms with Gasteiger partial charge in [-0.25, -0.2) is 4.98 Å². The monoisotopic (exact) mass is 278 g/mol. The molecule has 2 aromatic rings. The molecule has 0 aliphatic heterocycles. The van der Waals surface area contributed by atoms with E-state index in [1.165, 1.54) is 0 Å². The molecule has 0 fully saturated rings. The average molecular weight is 279 g/mol. The van der Waals surface area contributed by atoms with Gasteiger partial charge in [-0.15, -0.1) is 0 Å². The van der Waals surface area contributed by atoms with Crippen LogP contribution in [0.4, 0.5) is 0 Å². The molecule has 0 aliphatic carbocycles. The summed E-state index contributed by atoms with van der Waals surface area (Å²) in [5.41, 5.74) is 3.28. The molecule has 0 radical (unpaired) electrons. The standard InChI is InChI=1S/C14H15ClN2O2/c1-8-4-12(5-9(2)13(8)15)19-14-16-6-11(7-18)10(3)17-14/h4-6,18H,7H2,1-3H3. The second-order valence-electron chi connectivity index (χ2n) is 4.39. The number of aliphatic hydroxyl groups is 1. The van der Waals surface area contributed by atoms with Crippen molar-refractivity contribution in [2.75, 3.05) is 0 Å². The molecular weight excluding hydrogens is 264 g/mol. The third kappa shape index (κ3) is 3.03. The first-order valence-electron chi connectivity index (χ1n) is 5.89. The SMILES string of the molecule is Cc1cc(Oc2ncc(CO)c(C)n2)cc(C)c1Cl. The van der Waals surface area contributed by atoms with Crippen LogP contribution in [0.15, 0.2) is 18.3 Å². The summed E-state index contributed by atoms with van der Waals surface area (Å²) < 4.78 is 5.61. The van der Waals surface area contributed by atoms with E-state index in [2.05, 4.69) is 9.97 Å². The molecule has 2 rings (SSSR count). The molecule has 0 bridgehead atoms. The molecule has 0 spiro atoms. The summed E-state index contributed by atoms with van der Waals surface area (Å²) in [6.45, 7) is 5.57. The molecule has 5 heteroatoms. The minimum Gasteiger partial charge on any atom is -0.424 e. The minimum atomic E-state index is -0.0781. The summed E-state index contributed by atoms with van der Waals surface area (Å²) >= 11 is 6.10. The summed E-state index contributed by atoms with van der Waals surface area (Å²) in [6, 6.07) is 3.94. The Labute approximate surface area is 117 Å². The fraction of sp³-hybridized carbons (Fsp3) is 0.286. The van der Waals surface area contributed by atoms with E-state index in [0.29, 0.717) is 17.0 Å². The molecular formula is C14H15ClN2O2. The van der Waals surface area contributed by atoms with Crippen molar-refractivity contribution in [3.63, 3.8) is 0 Å². The molecule has 4 nitrogen and oxygen atoms in total. The number of benzene rings is 1. The van der Waals surface area contributed by atoms with Gasteiger partial charge in [0.1, 0.15) is 5.75 Å². The lowest BCUT2D eigenvalue weighted by molar-refractivity contribution is 0.279. The lowest BCUT2D eigenvalue weighted by Gasteiger charge is -2.09. The summed E-state index contributed by atoms with van der Waals surface area (Å²) in [4.78, 5) is 8.26. The fourth-order valence-corrected chi connectivity index (χ4v) is 1.85. The third-order valence-electron chi connectivity index (χ3n) is 2.85. The maximum Gasteiger partial charge on any atom is 0.322 e. The first-order valence-corrected chi connectivity index (χ1v) is 6.27. The maximum atomic E-state index is 9.07. The predicted octanol–water partition coefficient (Wildman–Crippen LogP) is 3.34. The van der Waals surface area contributed by atoms with Crippen LogP contribution >= 0.6 is 11.6 Å². The first kappa shape index (κ1) is 13.8. The number of halogens is 1. The number of aliphatic hydroxyl groups excluding tert-OH is 1. The van der Waals surface area contributed by atoms with Crippen molar-refractivity contribution in [3.8, 4) is 11.8 Å². The Kier molecular flexibility index (Phi) is 4.02. The zero-order valence-electron chi connectivity index (χ0n) is 11.1. The highest BCUT2D eigenvalue weighted by atomic mass is 35.5. The smallest absolute Gasteiger partial charge is 0.322 e. The number of aryl methyl sites for hydroxylation is 3. The number of hydrogen-bond donors (Lipinski definition) is 1. The van der Waals surface area contributed by atoms with Crippen LogP contribution in [0.5, 0.6) is 11.8 Å². The van der Waals surface area contributed by atoms with E-state index in [-0.39, 0.29) is 12.6 Å². The van der Waals surface area contributed by atoms with Gasteiger partial charge in [0, 0.05) is 16.8 Å². The molecule has 1 N–H and O–H groups in total. The predicted molar refractivity (Wildman–Crippen MR) is 73.7 cm³/mol. The van der Waals surface area contributed by atoms with Gasteiger partial charge in [-0.1, -0.05) is 11.6 Å². The molecule has 0 unspecified atom stereocenters. The summed E-state index contributed by atoms with van der Waals surface area (Å²) in [6.07, 6.45) is 1.56. The lowest BCUT2D eigenvalue weighted by Crippen LogP contribution is -1.99. The van der Waals surface area contributed by atoms with Crippen LogP contribution < -0.4 is 4.74 Å². The van der Waals surface area contributed by atoms with Crippen molar-refractivity contribution in [2.24, 2.45) is 0 Å². The van der Waals surface area contributed by atoms with E-state index >= 15 is 0 Å². The molecule has 19 heavy (non-hydrogen) atoms. The van der Waals surface area contributed by atoms with Gasteiger partial charge in [0.15, 0.2) is 0 Å². The Bertz CT molecular complexity index is 591. The van der Waals surface area contributed by atoms with Gasteiger partial charge in [-0.05, 0) is 44.0 Å². The van der Waals surface area contributed by atoms with Crippen molar-refractivity contribution in [1.29, 1.82) is 0 Å². The molecule has 0 saturated carbocycles. The van der Waals surface area contributed by atoms with Crippen LogP contribution in [0.2, 0.25) is 5.02 Å². The number of rotatable bonds is 3. The van der Waals surface area contributed by atoms with Crippen molar-refractivity contribution >= 4 is 11.6 Å². The minimum absolute atomic E-state index is 0.0781. The van der Waals surface area contributed by atoms with Gasteiger partial charge in [0.25, 0.3) is 0 Å². The van der Waals surface area contributed by atoms with Crippen molar-refractivity contribution in [1.82, 2.24) is 9.97 Å². The molecule has 1 aromatic heterocycles. The van der Waals surface area contributed by atoms with E-state index < -0.39 is 0 Å². The van der Waals surface area contributed by atoms with Crippen LogP contribution in [-0.2, 0) is 6.61 Å². The zero-order chi connectivity index (χ0) is 14.0. The van der Waals surface area contributed by atoms with Gasteiger partial charge in [-0.3, -0.25) is 0 Å². The molecule has 0 saturated heterocycles. The highest BCUT2D eigenvalue weighted by Gasteiger charge is 2.07. The van der Waals surface area contributed by atoms with Crippen molar-refractivity contribution in [2.45, 2.75) is 27.4 Å². The van der Waals surface area contributed by atoms with Gasteiger partial charge in [-0.2, -0.15) is 4.98 Å². The van der Waals surface area contributed by atoms with Crippen molar-refractivity contribution in [3.05, 3.63) is 45.7 Å². The highest BCUT2D eigenvalue weighted by Crippen LogP contribution is 2.28. The molecule has 1 aromatic carbocycles. The van der Waals surface area contributed by atoms with Crippen LogP contribution in [0.3, 0.4) is 0 Å². The van der Waals surface area contributed by atoms with Crippen LogP contribution in [0.25, 0.3) is 0 Å². The van der Waals surface area contributed by atoms with E-state index in [1.807, 2.05) is 26.0 Å². The second-order valence-corrected chi connectivity index (χ2v) is 4.77. The molecule has 1 heterocycles. The van der Waals surface area contributed by atoms with E-state index in [1.54, 1.807) is 13.1 Å². The number of hydrogen-bond acceptors (Lipinski definition) is 4. The molecule has 0 amide bonds. The number of nitrogens with zero attached hydrogens (tertiary/aromatic N) is 2. The van der Waals surface area contributed by atoms with Crippen LogP contribution in [0, 0.1) is 20.8 Å². The lowest BCUT2D eigenvalue weighted by atomic mass is 10.1. The summed E-state index contributed by atoms with van der Waals surface area (Å²) in [5.74, 6) is 0.649. The molecule has 0 aliphatic rings.